The zero-order chi connectivity index (χ0) is 26.1. The number of nitrogens with zero attached hydrogens (tertiary/aromatic N) is 3. The van der Waals surface area contributed by atoms with Gasteiger partial charge in [-0.15, -0.1) is 0 Å². The van der Waals surface area contributed by atoms with Gasteiger partial charge in [-0.05, 0) is 55.2 Å². The number of hydrogen-bond donors (Lipinski definition) is 2. The van der Waals surface area contributed by atoms with Gasteiger partial charge in [0.1, 0.15) is 5.82 Å². The van der Waals surface area contributed by atoms with Crippen molar-refractivity contribution in [2.45, 2.75) is 72.3 Å². The van der Waals surface area contributed by atoms with Gasteiger partial charge in [0.25, 0.3) is 0 Å². The molecule has 2 aliphatic heterocycles. The van der Waals surface area contributed by atoms with Gasteiger partial charge in [-0.2, -0.15) is 5.43 Å². The lowest BCUT2D eigenvalue weighted by molar-refractivity contribution is -0.159. The predicted octanol–water partition coefficient (Wildman–Crippen LogP) is 3.95. The van der Waals surface area contributed by atoms with Crippen LogP contribution in [0.2, 0.25) is 5.02 Å². The average Bonchev–Trinajstić information content (AvgIpc) is 3.14. The van der Waals surface area contributed by atoms with E-state index in [9.17, 15) is 18.8 Å². The number of nitrogens with one attached hydrogen (secondary N) is 2. The fourth-order valence-electron chi connectivity index (χ4n) is 5.37. The number of urea groups is 1. The number of benzene rings is 1. The zero-order valence-corrected chi connectivity index (χ0v) is 22.2. The summed E-state index contributed by atoms with van der Waals surface area (Å²) in [7, 11) is 0. The summed E-state index contributed by atoms with van der Waals surface area (Å²) in [5.41, 5.74) is 3.82. The Kier molecular flexibility index (Phi) is 8.09. The maximum Gasteiger partial charge on any atom is 0.337 e. The van der Waals surface area contributed by atoms with Crippen molar-refractivity contribution in [3.05, 3.63) is 34.6 Å². The number of amides is 4. The van der Waals surface area contributed by atoms with Gasteiger partial charge in [-0.25, -0.2) is 9.18 Å². The molecule has 0 aromatic heterocycles. The Morgan fingerprint density at radius 2 is 1.94 bits per heavy atom. The molecular formula is C26H37ClFN5O3. The molecule has 198 valence electrons. The second-order valence-electron chi connectivity index (χ2n) is 11.1. The Labute approximate surface area is 217 Å². The smallest absolute Gasteiger partial charge is 0.337 e. The molecule has 4 rings (SSSR count). The van der Waals surface area contributed by atoms with Gasteiger partial charge >= 0.3 is 6.03 Å². The third kappa shape index (κ3) is 5.47. The Hall–Kier alpha value is -2.39. The standard InChI is InChI=1S/C26H37ClFN5O3/c1-15(2)9-10-31-24(35)20-8-6-17(23(34)29-13-16(3)4)11-22(20)33-25(31)30-32(26(33)36)14-18-5-7-19(28)12-21(18)27/h5,7,12,15-17,20,22,25,30H,6,8-11,13-14H2,1-4H3,(H,29,34). The summed E-state index contributed by atoms with van der Waals surface area (Å²) < 4.78 is 13.5. The van der Waals surface area contributed by atoms with Gasteiger partial charge in [0.2, 0.25) is 11.8 Å². The molecule has 1 aromatic rings. The topological polar surface area (TPSA) is 85.0 Å². The number of fused-ring (bicyclic) bond motifs is 3. The van der Waals surface area contributed by atoms with Gasteiger partial charge in [0, 0.05) is 30.1 Å². The molecule has 0 radical (unpaired) electrons. The molecule has 36 heavy (non-hydrogen) atoms. The second-order valence-corrected chi connectivity index (χ2v) is 11.5. The van der Waals surface area contributed by atoms with Crippen LogP contribution in [0.25, 0.3) is 0 Å². The van der Waals surface area contributed by atoms with E-state index in [2.05, 4.69) is 24.6 Å². The highest BCUT2D eigenvalue weighted by atomic mass is 35.5. The number of carbonyl (C=O) groups is 3. The number of carbonyl (C=O) groups excluding carboxylic acids is 3. The lowest BCUT2D eigenvalue weighted by Gasteiger charge is -2.50. The van der Waals surface area contributed by atoms with Crippen LogP contribution in [0.3, 0.4) is 0 Å². The van der Waals surface area contributed by atoms with Gasteiger partial charge < -0.3 is 10.2 Å². The van der Waals surface area contributed by atoms with Crippen LogP contribution < -0.4 is 10.7 Å². The van der Waals surface area contributed by atoms with Crippen LogP contribution in [-0.2, 0) is 16.1 Å². The Balaban J connectivity index is 1.58. The highest BCUT2D eigenvalue weighted by Gasteiger charge is 2.55. The molecule has 1 saturated carbocycles. The van der Waals surface area contributed by atoms with E-state index < -0.39 is 12.1 Å². The SMILES string of the molecule is CC(C)CCN1C(=O)C2CCC(C(=O)NCC(C)C)CC2N2C(=O)N(Cc3ccc(F)cc3Cl)NC12. The molecule has 10 heteroatoms. The molecule has 4 amide bonds. The van der Waals surface area contributed by atoms with Crippen LogP contribution in [0, 0.1) is 29.5 Å². The molecule has 8 nitrogen and oxygen atoms in total. The monoisotopic (exact) mass is 521 g/mol. The van der Waals surface area contributed by atoms with Crippen LogP contribution in [-0.4, -0.2) is 58.1 Å². The predicted molar refractivity (Wildman–Crippen MR) is 135 cm³/mol. The Morgan fingerprint density at radius 1 is 1.19 bits per heavy atom. The molecule has 3 fully saturated rings. The third-order valence-corrected chi connectivity index (χ3v) is 7.75. The quantitative estimate of drug-likeness (QED) is 0.542. The van der Waals surface area contributed by atoms with Gasteiger partial charge in [-0.3, -0.25) is 19.5 Å². The molecule has 3 aliphatic rings. The molecule has 4 atom stereocenters. The van der Waals surface area contributed by atoms with Crippen LogP contribution in [0.4, 0.5) is 9.18 Å². The van der Waals surface area contributed by atoms with Crippen molar-refractivity contribution in [1.29, 1.82) is 0 Å². The minimum Gasteiger partial charge on any atom is -0.356 e. The minimum absolute atomic E-state index is 0.0112. The molecule has 0 spiro atoms. The summed E-state index contributed by atoms with van der Waals surface area (Å²) in [6.07, 6.45) is 1.84. The van der Waals surface area contributed by atoms with E-state index in [1.165, 1.54) is 17.1 Å². The summed E-state index contributed by atoms with van der Waals surface area (Å²) in [6, 6.07) is 3.46. The molecular weight excluding hydrogens is 485 g/mol. The van der Waals surface area contributed by atoms with E-state index in [-0.39, 0.29) is 47.3 Å². The van der Waals surface area contributed by atoms with Crippen LogP contribution in [0.15, 0.2) is 18.2 Å². The largest absolute Gasteiger partial charge is 0.356 e. The van der Waals surface area contributed by atoms with E-state index in [0.29, 0.717) is 49.8 Å². The van der Waals surface area contributed by atoms with Gasteiger partial charge in [0.05, 0.1) is 12.5 Å². The van der Waals surface area contributed by atoms with Crippen molar-refractivity contribution in [3.8, 4) is 0 Å². The fourth-order valence-corrected chi connectivity index (χ4v) is 5.60. The van der Waals surface area contributed by atoms with Gasteiger partial charge in [0.15, 0.2) is 6.29 Å². The van der Waals surface area contributed by atoms with E-state index in [0.717, 1.165) is 6.42 Å². The van der Waals surface area contributed by atoms with Gasteiger partial charge in [-0.1, -0.05) is 45.4 Å². The Morgan fingerprint density at radius 3 is 2.61 bits per heavy atom. The second kappa shape index (κ2) is 10.9. The third-order valence-electron chi connectivity index (χ3n) is 7.40. The first-order valence-electron chi connectivity index (χ1n) is 12.9. The van der Waals surface area contributed by atoms with Crippen molar-refractivity contribution < 1.29 is 18.8 Å². The Bertz CT molecular complexity index is 1010. The maximum atomic E-state index is 13.7. The number of rotatable bonds is 8. The molecule has 2 saturated heterocycles. The van der Waals surface area contributed by atoms with E-state index in [4.69, 9.17) is 11.6 Å². The average molecular weight is 522 g/mol. The number of halogens is 2. The van der Waals surface area contributed by atoms with Crippen molar-refractivity contribution in [2.75, 3.05) is 13.1 Å². The normalized spacial score (nSPS) is 26.1. The lowest BCUT2D eigenvalue weighted by atomic mass is 9.75. The highest BCUT2D eigenvalue weighted by Crippen LogP contribution is 2.41. The highest BCUT2D eigenvalue weighted by molar-refractivity contribution is 6.31. The van der Waals surface area contributed by atoms with Crippen LogP contribution in [0.5, 0.6) is 0 Å². The molecule has 2 heterocycles. The zero-order valence-electron chi connectivity index (χ0n) is 21.5. The molecule has 4 unspecified atom stereocenters. The molecule has 1 aliphatic carbocycles. The number of hydrazine groups is 1. The molecule has 2 N–H and O–H groups in total. The van der Waals surface area contributed by atoms with Crippen LogP contribution in [0.1, 0.15) is 58.9 Å². The summed E-state index contributed by atoms with van der Waals surface area (Å²) in [5, 5.41) is 4.70. The molecule has 0 bridgehead atoms. The van der Waals surface area contributed by atoms with Crippen molar-refractivity contribution in [2.24, 2.45) is 23.7 Å². The summed E-state index contributed by atoms with van der Waals surface area (Å²) in [4.78, 5) is 43.7. The lowest BCUT2D eigenvalue weighted by Crippen LogP contribution is -2.67. The first-order chi connectivity index (χ1) is 17.1. The molecule has 1 aromatic carbocycles. The summed E-state index contributed by atoms with van der Waals surface area (Å²) in [5.74, 6) is -0.254. The fraction of sp³-hybridized carbons (Fsp3) is 0.654. The first kappa shape index (κ1) is 26.7. The van der Waals surface area contributed by atoms with Crippen molar-refractivity contribution >= 4 is 29.4 Å². The summed E-state index contributed by atoms with van der Waals surface area (Å²) in [6.45, 7) is 9.56. The van der Waals surface area contributed by atoms with Crippen LogP contribution >= 0.6 is 11.6 Å². The van der Waals surface area contributed by atoms with E-state index in [1.807, 2.05) is 13.8 Å². The van der Waals surface area contributed by atoms with Crippen molar-refractivity contribution in [3.63, 3.8) is 0 Å². The maximum absolute atomic E-state index is 13.7. The van der Waals surface area contributed by atoms with E-state index >= 15 is 0 Å². The van der Waals surface area contributed by atoms with E-state index in [1.54, 1.807) is 15.9 Å². The summed E-state index contributed by atoms with van der Waals surface area (Å²) >= 11 is 6.23. The number of hydrogen-bond acceptors (Lipinski definition) is 4. The first-order valence-corrected chi connectivity index (χ1v) is 13.3. The minimum atomic E-state index is -0.623. The van der Waals surface area contributed by atoms with Crippen molar-refractivity contribution in [1.82, 2.24) is 25.6 Å².